The molecule has 1 aromatic carbocycles. The fourth-order valence-electron chi connectivity index (χ4n) is 2.96. The van der Waals surface area contributed by atoms with E-state index >= 15 is 0 Å². The molecule has 0 unspecified atom stereocenters. The van der Waals surface area contributed by atoms with Gasteiger partial charge in [0.05, 0.1) is 5.71 Å². The quantitative estimate of drug-likeness (QED) is 0.851. The van der Waals surface area contributed by atoms with Crippen LogP contribution in [0.15, 0.2) is 60.0 Å². The first kappa shape index (κ1) is 14.9. The molecule has 1 aromatic heterocycles. The number of nitrogens with zero attached hydrogens (tertiary/aromatic N) is 3. The number of hydrogen-bond acceptors (Lipinski definition) is 4. The highest BCUT2D eigenvalue weighted by Gasteiger charge is 2.39. The van der Waals surface area contributed by atoms with Crippen LogP contribution in [0.25, 0.3) is 0 Å². The predicted molar refractivity (Wildman–Crippen MR) is 90.3 cm³/mol. The summed E-state index contributed by atoms with van der Waals surface area (Å²) < 4.78 is 0. The summed E-state index contributed by atoms with van der Waals surface area (Å²) in [6, 6.07) is 14.1. The summed E-state index contributed by atoms with van der Waals surface area (Å²) in [4.78, 5) is 24.4. The van der Waals surface area contributed by atoms with Gasteiger partial charge in [0.2, 0.25) is 6.10 Å². The molecule has 0 spiro atoms. The van der Waals surface area contributed by atoms with E-state index in [1.54, 1.807) is 6.20 Å². The maximum absolute atomic E-state index is 12.9. The van der Waals surface area contributed by atoms with Crippen molar-refractivity contribution in [2.75, 3.05) is 0 Å². The Balaban J connectivity index is 1.45. The van der Waals surface area contributed by atoms with Crippen LogP contribution in [0.3, 0.4) is 0 Å². The van der Waals surface area contributed by atoms with Crippen LogP contribution in [-0.2, 0) is 16.2 Å². The summed E-state index contributed by atoms with van der Waals surface area (Å²) in [5.41, 5.74) is 2.89. The molecule has 0 saturated heterocycles. The number of pyridine rings is 1. The molecule has 5 nitrogen and oxygen atoms in total. The lowest BCUT2D eigenvalue weighted by Gasteiger charge is -2.24. The number of rotatable bonds is 5. The molecule has 1 aliphatic heterocycles. The summed E-state index contributed by atoms with van der Waals surface area (Å²) in [7, 11) is 0. The second-order valence-corrected chi connectivity index (χ2v) is 6.26. The van der Waals surface area contributed by atoms with Gasteiger partial charge in [-0.1, -0.05) is 41.6 Å². The number of carbonyl (C=O) groups excluding carboxylic acids is 1. The van der Waals surface area contributed by atoms with Crippen LogP contribution < -0.4 is 0 Å². The molecule has 5 heteroatoms. The second kappa shape index (κ2) is 6.43. The van der Waals surface area contributed by atoms with Crippen molar-refractivity contribution in [3.8, 4) is 0 Å². The lowest BCUT2D eigenvalue weighted by atomic mass is 10.0. The van der Waals surface area contributed by atoms with Crippen molar-refractivity contribution in [1.82, 2.24) is 9.88 Å². The van der Waals surface area contributed by atoms with Crippen molar-refractivity contribution in [3.63, 3.8) is 0 Å². The Morgan fingerprint density at radius 1 is 1.17 bits per heavy atom. The molecule has 4 rings (SSSR count). The van der Waals surface area contributed by atoms with Crippen LogP contribution in [0.5, 0.6) is 0 Å². The molecule has 1 amide bonds. The fourth-order valence-corrected chi connectivity index (χ4v) is 2.96. The molecule has 2 heterocycles. The lowest BCUT2D eigenvalue weighted by molar-refractivity contribution is -0.143. The molecule has 24 heavy (non-hydrogen) atoms. The van der Waals surface area contributed by atoms with Crippen LogP contribution >= 0.6 is 0 Å². The highest BCUT2D eigenvalue weighted by Crippen LogP contribution is 2.30. The van der Waals surface area contributed by atoms with Crippen LogP contribution in [0.4, 0.5) is 0 Å². The Morgan fingerprint density at radius 3 is 2.71 bits per heavy atom. The predicted octanol–water partition coefficient (Wildman–Crippen LogP) is 2.77. The Hall–Kier alpha value is -2.69. The molecule has 1 atom stereocenters. The van der Waals surface area contributed by atoms with Crippen LogP contribution in [0, 0.1) is 0 Å². The maximum Gasteiger partial charge on any atom is 0.267 e. The van der Waals surface area contributed by atoms with E-state index < -0.39 is 6.10 Å². The molecule has 2 aliphatic rings. The standard InChI is InChI=1S/C19H19N3O2/c23-19(18-11-17(21-24-18)15-6-2-1-3-7-15)22(16-8-9-16)13-14-5-4-10-20-12-14/h1-7,10,12,16,18H,8-9,11,13H2/t18-/m0/s1. The summed E-state index contributed by atoms with van der Waals surface area (Å²) in [6.45, 7) is 0.581. The Morgan fingerprint density at radius 2 is 2.00 bits per heavy atom. The van der Waals surface area contributed by atoms with E-state index in [9.17, 15) is 4.79 Å². The zero-order valence-corrected chi connectivity index (χ0v) is 13.3. The third-order valence-electron chi connectivity index (χ3n) is 4.40. The van der Waals surface area contributed by atoms with Gasteiger partial charge in [-0.3, -0.25) is 9.78 Å². The fraction of sp³-hybridized carbons (Fsp3) is 0.316. The first-order chi connectivity index (χ1) is 11.8. The van der Waals surface area contributed by atoms with Gasteiger partial charge >= 0.3 is 0 Å². The van der Waals surface area contributed by atoms with E-state index in [0.717, 1.165) is 29.7 Å². The van der Waals surface area contributed by atoms with Crippen molar-refractivity contribution in [3.05, 3.63) is 66.0 Å². The van der Waals surface area contributed by atoms with E-state index in [2.05, 4.69) is 10.1 Å². The molecule has 0 bridgehead atoms. The number of benzene rings is 1. The summed E-state index contributed by atoms with van der Waals surface area (Å²) in [5.74, 6) is 0.0241. The zero-order chi connectivity index (χ0) is 16.4. The topological polar surface area (TPSA) is 54.8 Å². The van der Waals surface area contributed by atoms with Crippen molar-refractivity contribution in [2.24, 2.45) is 5.16 Å². The molecule has 1 fully saturated rings. The van der Waals surface area contributed by atoms with E-state index in [0.29, 0.717) is 19.0 Å². The number of aromatic nitrogens is 1. The van der Waals surface area contributed by atoms with Gasteiger partial charge < -0.3 is 9.74 Å². The Labute approximate surface area is 141 Å². The minimum atomic E-state index is -0.516. The maximum atomic E-state index is 12.9. The molecule has 0 N–H and O–H groups in total. The Bertz CT molecular complexity index is 742. The van der Waals surface area contributed by atoms with Crippen LogP contribution in [0.1, 0.15) is 30.4 Å². The van der Waals surface area contributed by atoms with Gasteiger partial charge in [-0.25, -0.2) is 0 Å². The van der Waals surface area contributed by atoms with Gasteiger partial charge in [0.15, 0.2) is 0 Å². The SMILES string of the molecule is O=C([C@@H]1CC(c2ccccc2)=NO1)N(Cc1cccnc1)C1CC1. The van der Waals surface area contributed by atoms with E-state index in [1.165, 1.54) is 0 Å². The van der Waals surface area contributed by atoms with Gasteiger partial charge in [-0.15, -0.1) is 0 Å². The van der Waals surface area contributed by atoms with Crippen molar-refractivity contribution >= 4 is 11.6 Å². The Kier molecular flexibility index (Phi) is 3.99. The van der Waals surface area contributed by atoms with E-state index in [1.807, 2.05) is 53.6 Å². The van der Waals surface area contributed by atoms with Crippen molar-refractivity contribution < 1.29 is 9.63 Å². The largest absolute Gasteiger partial charge is 0.382 e. The van der Waals surface area contributed by atoms with E-state index in [4.69, 9.17) is 4.84 Å². The molecule has 122 valence electrons. The molecule has 2 aromatic rings. The monoisotopic (exact) mass is 321 g/mol. The minimum absolute atomic E-state index is 0.0241. The molecule has 0 radical (unpaired) electrons. The highest BCUT2D eigenvalue weighted by molar-refractivity contribution is 6.04. The molecular weight excluding hydrogens is 302 g/mol. The summed E-state index contributed by atoms with van der Waals surface area (Å²) >= 11 is 0. The van der Waals surface area contributed by atoms with Gasteiger partial charge in [0.1, 0.15) is 0 Å². The normalized spacial score (nSPS) is 19.5. The van der Waals surface area contributed by atoms with Gasteiger partial charge in [0, 0.05) is 31.4 Å². The third-order valence-corrected chi connectivity index (χ3v) is 4.40. The van der Waals surface area contributed by atoms with Crippen molar-refractivity contribution in [1.29, 1.82) is 0 Å². The third kappa shape index (κ3) is 3.15. The van der Waals surface area contributed by atoms with Crippen LogP contribution in [0.2, 0.25) is 0 Å². The average Bonchev–Trinajstić information content (AvgIpc) is 3.36. The van der Waals surface area contributed by atoms with Crippen molar-refractivity contribution in [2.45, 2.75) is 38.0 Å². The highest BCUT2D eigenvalue weighted by atomic mass is 16.6. The van der Waals surface area contributed by atoms with Gasteiger partial charge in [-0.05, 0) is 30.0 Å². The molecular formula is C19H19N3O2. The second-order valence-electron chi connectivity index (χ2n) is 6.26. The minimum Gasteiger partial charge on any atom is -0.382 e. The smallest absolute Gasteiger partial charge is 0.267 e. The van der Waals surface area contributed by atoms with E-state index in [-0.39, 0.29) is 5.91 Å². The number of oxime groups is 1. The van der Waals surface area contributed by atoms with Gasteiger partial charge in [-0.2, -0.15) is 0 Å². The number of hydrogen-bond donors (Lipinski definition) is 0. The summed E-state index contributed by atoms with van der Waals surface area (Å²) in [5, 5.41) is 4.13. The number of carbonyl (C=O) groups is 1. The first-order valence-corrected chi connectivity index (χ1v) is 8.29. The first-order valence-electron chi connectivity index (χ1n) is 8.29. The van der Waals surface area contributed by atoms with Crippen LogP contribution in [-0.4, -0.2) is 33.6 Å². The lowest BCUT2D eigenvalue weighted by Crippen LogP contribution is -2.40. The zero-order valence-electron chi connectivity index (χ0n) is 13.3. The summed E-state index contributed by atoms with van der Waals surface area (Å²) in [6.07, 6.45) is 5.68. The number of amides is 1. The molecule has 1 aliphatic carbocycles. The molecule has 1 saturated carbocycles. The van der Waals surface area contributed by atoms with Gasteiger partial charge in [0.25, 0.3) is 5.91 Å². The average molecular weight is 321 g/mol.